The fraction of sp³-hybridized carbons (Fsp3) is 0.350. The molecule has 0 amide bonds. The number of hydrogen-bond acceptors (Lipinski definition) is 8. The van der Waals surface area contributed by atoms with E-state index in [0.717, 1.165) is 28.7 Å². The summed E-state index contributed by atoms with van der Waals surface area (Å²) < 4.78 is 39.8. The number of aliphatic carboxylic acids is 2. The van der Waals surface area contributed by atoms with Gasteiger partial charge < -0.3 is 39.6 Å². The first-order chi connectivity index (χ1) is 25.1. The van der Waals surface area contributed by atoms with Crippen LogP contribution in [0.2, 0.25) is 5.02 Å². The summed E-state index contributed by atoms with van der Waals surface area (Å²) in [7, 11) is 0. The molecule has 6 rings (SSSR count). The second-order valence-electron chi connectivity index (χ2n) is 13.0. The molecular formula is C40H41ClFNO9. The van der Waals surface area contributed by atoms with Crippen LogP contribution < -0.4 is 24.3 Å². The Morgan fingerprint density at radius 2 is 1.90 bits per heavy atom. The summed E-state index contributed by atoms with van der Waals surface area (Å²) in [5.74, 6) is -2.18. The quantitative estimate of drug-likeness (QED) is 0.139. The Hall–Kier alpha value is -4.84. The summed E-state index contributed by atoms with van der Waals surface area (Å²) in [6.07, 6.45) is 9.68. The Balaban J connectivity index is 1.27. The highest BCUT2D eigenvalue weighted by atomic mass is 35.5. The van der Waals surface area contributed by atoms with Crippen molar-refractivity contribution in [3.63, 3.8) is 0 Å². The van der Waals surface area contributed by atoms with E-state index in [0.29, 0.717) is 65.7 Å². The maximum atomic E-state index is 15.7. The van der Waals surface area contributed by atoms with E-state index in [1.165, 1.54) is 0 Å². The van der Waals surface area contributed by atoms with Crippen molar-refractivity contribution in [1.29, 1.82) is 0 Å². The van der Waals surface area contributed by atoms with Crippen molar-refractivity contribution in [2.75, 3.05) is 33.0 Å². The van der Waals surface area contributed by atoms with Gasteiger partial charge in [-0.1, -0.05) is 48.0 Å². The van der Waals surface area contributed by atoms with Crippen LogP contribution in [-0.2, 0) is 22.4 Å². The van der Waals surface area contributed by atoms with Crippen LogP contribution in [-0.4, -0.2) is 66.3 Å². The zero-order valence-corrected chi connectivity index (χ0v) is 29.5. The first kappa shape index (κ1) is 36.9. The number of aliphatic hydroxyl groups is 1. The third kappa shape index (κ3) is 8.44. The molecule has 2 unspecified atom stereocenters. The van der Waals surface area contributed by atoms with Gasteiger partial charge in [-0.05, 0) is 91.1 Å². The van der Waals surface area contributed by atoms with Gasteiger partial charge in [-0.25, -0.2) is 9.18 Å². The number of carboxylic acids is 2. The number of halogens is 2. The van der Waals surface area contributed by atoms with Crippen LogP contribution in [0.1, 0.15) is 49.0 Å². The lowest BCUT2D eigenvalue weighted by Crippen LogP contribution is -2.37. The first-order valence-electron chi connectivity index (χ1n) is 17.3. The molecule has 12 heteroatoms. The van der Waals surface area contributed by atoms with Crippen LogP contribution in [0, 0.1) is 11.7 Å². The van der Waals surface area contributed by atoms with Crippen molar-refractivity contribution in [2.45, 2.75) is 51.2 Å². The molecule has 0 spiro atoms. The smallest absolute Gasteiger partial charge is 0.335 e. The monoisotopic (exact) mass is 733 g/mol. The van der Waals surface area contributed by atoms with Gasteiger partial charge in [0.15, 0.2) is 17.3 Å². The molecule has 4 N–H and O–H groups in total. The standard InChI is InChI=1S/C40H41ClFNO9/c1-23(43-20-27(21-44)40(47)48)16-26-18-32(41)36(19-35(26)51-22-24-6-3-2-4-7-25(17-24)39(45)46)52-33-12-10-29-28(8-5-9-30(29)33)31-11-13-34-38(37(31)42)50-15-14-49-34/h4-9,11,13,17-19,23,27,33,43-44H,2-3,10,12,14-16,20-22H2,1H3,(H,45,46)(H,47,48)/b7-4+,24-6+,25-17+/t23?,27?,33-/m0/s1. The number of hydrogen-bond donors (Lipinski definition) is 4. The maximum Gasteiger partial charge on any atom is 0.335 e. The molecule has 0 bridgehead atoms. The highest BCUT2D eigenvalue weighted by Crippen LogP contribution is 2.45. The number of aliphatic hydroxyl groups excluding tert-OH is 1. The van der Waals surface area contributed by atoms with Gasteiger partial charge in [-0.2, -0.15) is 0 Å². The normalized spacial score (nSPS) is 20.2. The molecule has 3 aliphatic rings. The highest BCUT2D eigenvalue weighted by molar-refractivity contribution is 6.32. The fourth-order valence-corrected chi connectivity index (χ4v) is 6.88. The third-order valence-electron chi connectivity index (χ3n) is 9.37. The minimum absolute atomic E-state index is 0.0700. The fourth-order valence-electron chi connectivity index (χ4n) is 6.65. The topological polar surface area (TPSA) is 144 Å². The van der Waals surface area contributed by atoms with Gasteiger partial charge in [0.2, 0.25) is 0 Å². The van der Waals surface area contributed by atoms with Crippen LogP contribution in [0.4, 0.5) is 4.39 Å². The minimum Gasteiger partial charge on any atom is -0.488 e. The Bertz CT molecular complexity index is 1920. The zero-order chi connectivity index (χ0) is 36.8. The minimum atomic E-state index is -1.09. The predicted octanol–water partition coefficient (Wildman–Crippen LogP) is 6.86. The molecule has 10 nitrogen and oxygen atoms in total. The van der Waals surface area contributed by atoms with Crippen LogP contribution in [0.5, 0.6) is 23.0 Å². The number of benzene rings is 3. The molecule has 0 fully saturated rings. The van der Waals surface area contributed by atoms with E-state index in [4.69, 9.17) is 30.5 Å². The number of carbonyl (C=O) groups is 2. The van der Waals surface area contributed by atoms with Crippen molar-refractivity contribution >= 4 is 23.5 Å². The van der Waals surface area contributed by atoms with E-state index in [-0.39, 0.29) is 43.2 Å². The number of nitrogens with one attached hydrogen (secondary N) is 1. The van der Waals surface area contributed by atoms with Crippen molar-refractivity contribution in [1.82, 2.24) is 5.32 Å². The molecule has 1 aliphatic heterocycles. The Kier molecular flexibility index (Phi) is 11.8. The number of fused-ring (bicyclic) bond motifs is 2. The van der Waals surface area contributed by atoms with Crippen molar-refractivity contribution < 1.29 is 48.2 Å². The molecule has 0 radical (unpaired) electrons. The van der Waals surface area contributed by atoms with E-state index in [1.54, 1.807) is 36.4 Å². The van der Waals surface area contributed by atoms with Crippen LogP contribution in [0.15, 0.2) is 77.9 Å². The van der Waals surface area contributed by atoms with Gasteiger partial charge in [0.05, 0.1) is 23.1 Å². The molecule has 3 aromatic carbocycles. The summed E-state index contributed by atoms with van der Waals surface area (Å²) in [6.45, 7) is 2.20. The zero-order valence-electron chi connectivity index (χ0n) is 28.7. The van der Waals surface area contributed by atoms with Crippen molar-refractivity contribution in [3.8, 4) is 34.1 Å². The van der Waals surface area contributed by atoms with Gasteiger partial charge >= 0.3 is 11.9 Å². The van der Waals surface area contributed by atoms with Crippen LogP contribution in [0.3, 0.4) is 0 Å². The first-order valence-corrected chi connectivity index (χ1v) is 17.7. The highest BCUT2D eigenvalue weighted by Gasteiger charge is 2.30. The molecule has 2 aliphatic carbocycles. The predicted molar refractivity (Wildman–Crippen MR) is 193 cm³/mol. The van der Waals surface area contributed by atoms with Crippen LogP contribution >= 0.6 is 11.6 Å². The average Bonchev–Trinajstić information content (AvgIpc) is 3.52. The molecule has 52 heavy (non-hydrogen) atoms. The van der Waals surface area contributed by atoms with Crippen molar-refractivity contribution in [2.24, 2.45) is 5.92 Å². The van der Waals surface area contributed by atoms with E-state index < -0.39 is 30.3 Å². The van der Waals surface area contributed by atoms with E-state index >= 15 is 4.39 Å². The summed E-state index contributed by atoms with van der Waals surface area (Å²) in [5.41, 5.74) is 4.66. The molecule has 3 aromatic rings. The number of carboxylic acid groups (broad SMARTS) is 2. The van der Waals surface area contributed by atoms with Gasteiger partial charge in [0, 0.05) is 24.2 Å². The molecule has 0 saturated carbocycles. The molecule has 274 valence electrons. The van der Waals surface area contributed by atoms with E-state index in [9.17, 15) is 24.9 Å². The summed E-state index contributed by atoms with van der Waals surface area (Å²) in [5, 5.41) is 32.0. The lowest BCUT2D eigenvalue weighted by Gasteiger charge is -2.22. The van der Waals surface area contributed by atoms with Gasteiger partial charge in [-0.15, -0.1) is 0 Å². The summed E-state index contributed by atoms with van der Waals surface area (Å²) in [6, 6.07) is 12.4. The van der Waals surface area contributed by atoms with Crippen LogP contribution in [0.25, 0.3) is 11.1 Å². The molecular weight excluding hydrogens is 693 g/mol. The maximum absolute atomic E-state index is 15.7. The average molecular weight is 734 g/mol. The second-order valence-corrected chi connectivity index (χ2v) is 13.5. The molecule has 1 heterocycles. The molecule has 3 atom stereocenters. The number of rotatable bonds is 14. The SMILES string of the molecule is CC(Cc1cc(Cl)c(O[C@H]2CCc3c(-c4ccc5c(c4F)OCCO5)cccc32)cc1OCC1=C/CC/C=C/C(C(=O)O)=C\1)NCC(CO)C(=O)O. The lowest BCUT2D eigenvalue weighted by molar-refractivity contribution is -0.143. The number of allylic oxidation sites excluding steroid dienone is 2. The Morgan fingerprint density at radius 3 is 2.69 bits per heavy atom. The number of ether oxygens (including phenoxy) is 4. The van der Waals surface area contributed by atoms with Gasteiger partial charge in [-0.3, -0.25) is 4.79 Å². The van der Waals surface area contributed by atoms with Crippen molar-refractivity contribution in [3.05, 3.63) is 105 Å². The molecule has 0 saturated heterocycles. The Morgan fingerprint density at radius 1 is 1.08 bits per heavy atom. The Labute approximate surface area is 306 Å². The second kappa shape index (κ2) is 16.7. The lowest BCUT2D eigenvalue weighted by atomic mass is 9.96. The third-order valence-corrected chi connectivity index (χ3v) is 9.66. The molecule has 0 aromatic heterocycles. The van der Waals surface area contributed by atoms with E-state index in [2.05, 4.69) is 5.32 Å². The summed E-state index contributed by atoms with van der Waals surface area (Å²) in [4.78, 5) is 23.2. The van der Waals surface area contributed by atoms with E-state index in [1.807, 2.05) is 37.3 Å². The van der Waals surface area contributed by atoms with Gasteiger partial charge in [0.1, 0.15) is 37.4 Å². The van der Waals surface area contributed by atoms with Gasteiger partial charge in [0.25, 0.3) is 0 Å². The summed E-state index contributed by atoms with van der Waals surface area (Å²) >= 11 is 6.86. The largest absolute Gasteiger partial charge is 0.488 e.